The maximum Gasteiger partial charge on any atom is 0.340 e. The Bertz CT molecular complexity index is 873. The van der Waals surface area contributed by atoms with Crippen molar-refractivity contribution in [1.29, 1.82) is 0 Å². The summed E-state index contributed by atoms with van der Waals surface area (Å²) in [6.07, 6.45) is 1.75. The quantitative estimate of drug-likeness (QED) is 0.192. The molecule has 168 valence electrons. The maximum absolute atomic E-state index is 13.0. The fraction of sp³-hybridized carbons (Fsp3) is 0.381. The molecule has 0 aromatic heterocycles. The van der Waals surface area contributed by atoms with E-state index >= 15 is 0 Å². The molecule has 31 heavy (non-hydrogen) atoms. The number of benzene rings is 2. The van der Waals surface area contributed by atoms with Crippen LogP contribution in [0.5, 0.6) is 11.5 Å². The van der Waals surface area contributed by atoms with Gasteiger partial charge in [0.15, 0.2) is 6.04 Å². The van der Waals surface area contributed by atoms with E-state index in [0.29, 0.717) is 5.75 Å². The van der Waals surface area contributed by atoms with Crippen LogP contribution >= 0.6 is 8.18 Å². The smallest absolute Gasteiger partial charge is 0.340 e. The Labute approximate surface area is 181 Å². The lowest BCUT2D eigenvalue weighted by molar-refractivity contribution is -0.384. The second-order valence-corrected chi connectivity index (χ2v) is 8.01. The van der Waals surface area contributed by atoms with Crippen LogP contribution in [0.1, 0.15) is 33.6 Å². The summed E-state index contributed by atoms with van der Waals surface area (Å²) in [6.45, 7) is 5.82. The summed E-state index contributed by atoms with van der Waals surface area (Å²) in [4.78, 5) is 29.5. The lowest BCUT2D eigenvalue weighted by Crippen LogP contribution is -2.39. The molecule has 0 aliphatic carbocycles. The van der Waals surface area contributed by atoms with E-state index in [1.165, 1.54) is 31.2 Å². The van der Waals surface area contributed by atoms with Gasteiger partial charge in [0.1, 0.15) is 11.5 Å². The minimum Gasteiger partial charge on any atom is -0.464 e. The van der Waals surface area contributed by atoms with Crippen LogP contribution in [0.3, 0.4) is 0 Å². The zero-order valence-electron chi connectivity index (χ0n) is 17.7. The van der Waals surface area contributed by atoms with Crippen molar-refractivity contribution in [2.24, 2.45) is 5.92 Å². The summed E-state index contributed by atoms with van der Waals surface area (Å²) in [5.41, 5.74) is -0.122. The lowest BCUT2D eigenvalue weighted by atomic mass is 10.1. The number of carbonyl (C=O) groups is 1. The van der Waals surface area contributed by atoms with Crippen molar-refractivity contribution in [3.8, 4) is 11.5 Å². The Balaban J connectivity index is 2.15. The molecule has 0 bridgehead atoms. The minimum atomic E-state index is -3.11. The van der Waals surface area contributed by atoms with Crippen molar-refractivity contribution >= 4 is 19.8 Å². The SMILES string of the molecule is CCC(CC)COC(=O)[C@H](C)N(Oc1ccccc1)[PH](=O)Oc1ccc([N+](=O)[O-])cc1. The first-order valence-electron chi connectivity index (χ1n) is 10.0. The first-order valence-corrected chi connectivity index (χ1v) is 11.3. The Morgan fingerprint density at radius 3 is 2.23 bits per heavy atom. The summed E-state index contributed by atoms with van der Waals surface area (Å²) in [5.74, 6) is 0.169. The van der Waals surface area contributed by atoms with Gasteiger partial charge in [0, 0.05) is 12.1 Å². The normalized spacial score (nSPS) is 12.9. The molecule has 0 radical (unpaired) electrons. The van der Waals surface area contributed by atoms with Crippen LogP contribution < -0.4 is 9.36 Å². The van der Waals surface area contributed by atoms with Gasteiger partial charge in [-0.25, -0.2) is 0 Å². The summed E-state index contributed by atoms with van der Waals surface area (Å²) < 4.78 is 23.8. The molecule has 9 nitrogen and oxygen atoms in total. The molecule has 0 saturated carbocycles. The van der Waals surface area contributed by atoms with Crippen LogP contribution in [0, 0.1) is 16.0 Å². The van der Waals surface area contributed by atoms with E-state index in [1.54, 1.807) is 30.3 Å². The molecule has 2 atom stereocenters. The number of nitro benzene ring substituents is 1. The second kappa shape index (κ2) is 12.1. The van der Waals surface area contributed by atoms with E-state index in [9.17, 15) is 19.5 Å². The molecule has 0 aliphatic rings. The monoisotopic (exact) mass is 450 g/mol. The van der Waals surface area contributed by atoms with Gasteiger partial charge in [0.05, 0.1) is 11.5 Å². The summed E-state index contributed by atoms with van der Waals surface area (Å²) in [5, 5.41) is 10.8. The summed E-state index contributed by atoms with van der Waals surface area (Å²) in [6, 6.07) is 12.7. The number of nitrogens with zero attached hydrogens (tertiary/aromatic N) is 2. The number of hydrogen-bond acceptors (Lipinski definition) is 7. The molecule has 1 unspecified atom stereocenters. The van der Waals surface area contributed by atoms with Crippen LogP contribution in [0.25, 0.3) is 0 Å². The summed E-state index contributed by atoms with van der Waals surface area (Å²) in [7, 11) is -3.11. The van der Waals surface area contributed by atoms with Crippen LogP contribution in [-0.4, -0.2) is 28.4 Å². The van der Waals surface area contributed by atoms with E-state index in [1.807, 2.05) is 13.8 Å². The number of esters is 1. The molecule has 0 heterocycles. The van der Waals surface area contributed by atoms with Gasteiger partial charge in [0.2, 0.25) is 0 Å². The zero-order chi connectivity index (χ0) is 22.8. The highest BCUT2D eigenvalue weighted by Crippen LogP contribution is 2.35. The van der Waals surface area contributed by atoms with Gasteiger partial charge in [-0.3, -0.25) is 19.5 Å². The van der Waals surface area contributed by atoms with Gasteiger partial charge >= 0.3 is 14.1 Å². The van der Waals surface area contributed by atoms with Crippen molar-refractivity contribution in [1.82, 2.24) is 4.83 Å². The Morgan fingerprint density at radius 1 is 1.06 bits per heavy atom. The first kappa shape index (κ1) is 24.4. The number of hydroxylamine groups is 1. The first-order chi connectivity index (χ1) is 14.8. The van der Waals surface area contributed by atoms with E-state index in [0.717, 1.165) is 17.7 Å². The zero-order valence-corrected chi connectivity index (χ0v) is 18.7. The molecule has 0 fully saturated rings. The van der Waals surface area contributed by atoms with Crippen LogP contribution in [-0.2, 0) is 14.1 Å². The van der Waals surface area contributed by atoms with Crippen molar-refractivity contribution in [3.05, 3.63) is 64.7 Å². The highest BCUT2D eigenvalue weighted by molar-refractivity contribution is 7.36. The number of rotatable bonds is 12. The second-order valence-electron chi connectivity index (χ2n) is 6.84. The molecule has 0 aliphatic heterocycles. The molecular formula is C21H27N2O7P. The minimum absolute atomic E-state index is 0.122. The van der Waals surface area contributed by atoms with E-state index in [2.05, 4.69) is 0 Å². The van der Waals surface area contributed by atoms with Gasteiger partial charge in [-0.1, -0.05) is 44.9 Å². The standard InChI is InChI=1S/C21H27N2O7P/c1-4-17(5-2)15-28-21(24)16(3)23(29-19-9-7-6-8-10-19)31(27)30-20-13-11-18(12-14-20)22(25)26/h6-14,16-17,31H,4-5,15H2,1-3H3/t16-/m0/s1. The van der Waals surface area contributed by atoms with Gasteiger partial charge in [-0.2, -0.15) is 0 Å². The van der Waals surface area contributed by atoms with E-state index < -0.39 is 25.1 Å². The van der Waals surface area contributed by atoms with Crippen LogP contribution in [0.15, 0.2) is 54.6 Å². The molecule has 0 saturated heterocycles. The van der Waals surface area contributed by atoms with Crippen molar-refractivity contribution < 1.29 is 28.4 Å². The molecule has 0 amide bonds. The highest BCUT2D eigenvalue weighted by atomic mass is 31.1. The average Bonchev–Trinajstić information content (AvgIpc) is 2.78. The van der Waals surface area contributed by atoms with E-state index in [-0.39, 0.29) is 24.0 Å². The van der Waals surface area contributed by atoms with Gasteiger partial charge in [-0.05, 0) is 41.9 Å². The van der Waals surface area contributed by atoms with E-state index in [4.69, 9.17) is 14.1 Å². The highest BCUT2D eigenvalue weighted by Gasteiger charge is 2.31. The van der Waals surface area contributed by atoms with Gasteiger partial charge in [0.25, 0.3) is 5.69 Å². The third-order valence-electron chi connectivity index (χ3n) is 4.69. The van der Waals surface area contributed by atoms with Crippen molar-refractivity contribution in [2.75, 3.05) is 6.61 Å². The number of non-ortho nitro benzene ring substituents is 1. The fourth-order valence-electron chi connectivity index (χ4n) is 2.59. The van der Waals surface area contributed by atoms with Gasteiger partial charge in [-0.15, -0.1) is 0 Å². The largest absolute Gasteiger partial charge is 0.464 e. The lowest BCUT2D eigenvalue weighted by Gasteiger charge is -2.26. The molecule has 2 rings (SSSR count). The third-order valence-corrected chi connectivity index (χ3v) is 5.94. The summed E-state index contributed by atoms with van der Waals surface area (Å²) >= 11 is 0. The van der Waals surface area contributed by atoms with Crippen molar-refractivity contribution in [3.63, 3.8) is 0 Å². The molecule has 0 spiro atoms. The van der Waals surface area contributed by atoms with Crippen molar-refractivity contribution in [2.45, 2.75) is 39.7 Å². The molecule has 0 N–H and O–H groups in total. The fourth-order valence-corrected chi connectivity index (χ4v) is 3.62. The van der Waals surface area contributed by atoms with Gasteiger partial charge < -0.3 is 14.1 Å². The Morgan fingerprint density at radius 2 is 1.68 bits per heavy atom. The van der Waals surface area contributed by atoms with Crippen LogP contribution in [0.2, 0.25) is 0 Å². The number of para-hydroxylation sites is 1. The maximum atomic E-state index is 13.0. The molecule has 2 aromatic carbocycles. The number of ether oxygens (including phenoxy) is 1. The molecule has 2 aromatic rings. The third kappa shape index (κ3) is 7.38. The average molecular weight is 450 g/mol. The topological polar surface area (TPSA) is 108 Å². The Kier molecular flexibility index (Phi) is 9.49. The van der Waals surface area contributed by atoms with Crippen LogP contribution in [0.4, 0.5) is 5.69 Å². The number of nitro groups is 1. The molecule has 10 heteroatoms. The number of hydrogen-bond donors (Lipinski definition) is 0. The molecular weight excluding hydrogens is 423 g/mol. The number of carbonyl (C=O) groups excluding carboxylic acids is 1. The Hall–Kier alpha value is -2.90. The predicted octanol–water partition coefficient (Wildman–Crippen LogP) is 5.03. The predicted molar refractivity (Wildman–Crippen MR) is 116 cm³/mol.